The van der Waals surface area contributed by atoms with Crippen molar-refractivity contribution < 1.29 is 8.81 Å². The maximum atomic E-state index is 13.8. The van der Waals surface area contributed by atoms with E-state index in [1.165, 1.54) is 10.9 Å². The van der Waals surface area contributed by atoms with Crippen LogP contribution in [0.2, 0.25) is 0 Å². The molecule has 0 spiro atoms. The number of hydrogen-bond acceptors (Lipinski definition) is 5. The van der Waals surface area contributed by atoms with Gasteiger partial charge in [0.05, 0.1) is 11.7 Å². The first-order valence-electron chi connectivity index (χ1n) is 8.55. The van der Waals surface area contributed by atoms with E-state index in [-0.39, 0.29) is 5.82 Å². The maximum absolute atomic E-state index is 13.8. The lowest BCUT2D eigenvalue weighted by atomic mass is 9.98. The normalized spacial score (nSPS) is 18.5. The fourth-order valence-corrected chi connectivity index (χ4v) is 4.00. The third-order valence-corrected chi connectivity index (χ3v) is 5.38. The number of piperidine rings is 1. The molecule has 0 N–H and O–H groups in total. The molecule has 3 aromatic rings. The van der Waals surface area contributed by atoms with Gasteiger partial charge < -0.3 is 4.42 Å². The van der Waals surface area contributed by atoms with Gasteiger partial charge in [-0.3, -0.25) is 9.88 Å². The fraction of sp³-hybridized carbons (Fsp3) is 0.368. The van der Waals surface area contributed by atoms with Crippen molar-refractivity contribution in [2.45, 2.75) is 31.7 Å². The highest BCUT2D eigenvalue weighted by Gasteiger charge is 2.25. The third kappa shape index (κ3) is 3.96. The monoisotopic (exact) mass is 357 g/mol. The molecule has 4 nitrogen and oxygen atoms in total. The first-order chi connectivity index (χ1) is 12.3. The highest BCUT2D eigenvalue weighted by atomic mass is 32.1. The second-order valence-corrected chi connectivity index (χ2v) is 7.45. The quantitative estimate of drug-likeness (QED) is 0.685. The van der Waals surface area contributed by atoms with E-state index in [1.54, 1.807) is 29.7 Å². The molecule has 6 heteroatoms. The first kappa shape index (κ1) is 16.4. The molecule has 1 atom stereocenters. The molecule has 0 radical (unpaired) electrons. The van der Waals surface area contributed by atoms with Gasteiger partial charge in [-0.15, -0.1) is 11.3 Å². The van der Waals surface area contributed by atoms with Gasteiger partial charge in [-0.05, 0) is 31.0 Å². The average Bonchev–Trinajstić information content (AvgIpc) is 3.29. The smallest absolute Gasteiger partial charge is 0.198 e. The van der Waals surface area contributed by atoms with Crippen LogP contribution in [0.4, 0.5) is 4.39 Å². The van der Waals surface area contributed by atoms with Crippen molar-refractivity contribution >= 4 is 11.3 Å². The summed E-state index contributed by atoms with van der Waals surface area (Å²) in [5, 5.41) is 0. The molecule has 1 unspecified atom stereocenters. The van der Waals surface area contributed by atoms with E-state index in [0.29, 0.717) is 17.9 Å². The average molecular weight is 357 g/mol. The Morgan fingerprint density at radius 3 is 3.04 bits per heavy atom. The molecule has 0 amide bonds. The lowest BCUT2D eigenvalue weighted by Gasteiger charge is -2.30. The van der Waals surface area contributed by atoms with Crippen molar-refractivity contribution in [2.75, 3.05) is 13.1 Å². The second-order valence-electron chi connectivity index (χ2n) is 6.48. The van der Waals surface area contributed by atoms with E-state index in [9.17, 15) is 4.39 Å². The second kappa shape index (κ2) is 7.45. The molecule has 4 rings (SSSR count). The SMILES string of the molecule is Fc1ccccc1Cc1cnc(C2CCCN(Cc3cncs3)C2)o1. The number of likely N-dealkylation sites (tertiary alicyclic amines) is 1. The van der Waals surface area contributed by atoms with Crippen LogP contribution in [-0.4, -0.2) is 28.0 Å². The molecule has 0 aliphatic carbocycles. The molecule has 1 saturated heterocycles. The standard InChI is InChI=1S/C19H20FN3OS/c20-18-6-2-1-4-14(18)8-16-9-22-19(24-16)15-5-3-7-23(11-15)12-17-10-21-13-25-17/h1-2,4,6,9-10,13,15H,3,5,7-8,11-12H2. The van der Waals surface area contributed by atoms with Crippen LogP contribution >= 0.6 is 11.3 Å². The predicted molar refractivity (Wildman–Crippen MR) is 95.1 cm³/mol. The summed E-state index contributed by atoms with van der Waals surface area (Å²) in [4.78, 5) is 12.3. The highest BCUT2D eigenvalue weighted by Crippen LogP contribution is 2.28. The Labute approximate surface area is 150 Å². The van der Waals surface area contributed by atoms with Crippen LogP contribution in [0.15, 0.2) is 46.6 Å². The van der Waals surface area contributed by atoms with Crippen LogP contribution in [0.3, 0.4) is 0 Å². The highest BCUT2D eigenvalue weighted by molar-refractivity contribution is 7.09. The summed E-state index contributed by atoms with van der Waals surface area (Å²) in [5.74, 6) is 1.60. The van der Waals surface area contributed by atoms with Crippen LogP contribution < -0.4 is 0 Å². The molecule has 2 aromatic heterocycles. The minimum atomic E-state index is -0.200. The summed E-state index contributed by atoms with van der Waals surface area (Å²) in [6.45, 7) is 2.97. The Morgan fingerprint density at radius 1 is 1.28 bits per heavy atom. The van der Waals surface area contributed by atoms with Crippen molar-refractivity contribution in [3.63, 3.8) is 0 Å². The number of benzene rings is 1. The van der Waals surface area contributed by atoms with Gasteiger partial charge in [0.2, 0.25) is 0 Å². The predicted octanol–water partition coefficient (Wildman–Crippen LogP) is 4.24. The van der Waals surface area contributed by atoms with E-state index >= 15 is 0 Å². The number of aromatic nitrogens is 2. The minimum Gasteiger partial charge on any atom is -0.445 e. The van der Waals surface area contributed by atoms with Gasteiger partial charge in [0.1, 0.15) is 11.6 Å². The van der Waals surface area contributed by atoms with Gasteiger partial charge in [-0.25, -0.2) is 9.37 Å². The van der Waals surface area contributed by atoms with Crippen molar-refractivity contribution in [1.29, 1.82) is 0 Å². The Morgan fingerprint density at radius 2 is 2.20 bits per heavy atom. The number of nitrogens with zero attached hydrogens (tertiary/aromatic N) is 3. The van der Waals surface area contributed by atoms with Gasteiger partial charge in [0.15, 0.2) is 5.89 Å². The molecular formula is C19H20FN3OS. The Kier molecular flexibility index (Phi) is 4.90. The molecule has 1 fully saturated rings. The first-order valence-corrected chi connectivity index (χ1v) is 9.43. The molecule has 130 valence electrons. The molecule has 1 aliphatic rings. The lowest BCUT2D eigenvalue weighted by molar-refractivity contribution is 0.186. The summed E-state index contributed by atoms with van der Waals surface area (Å²) in [6, 6.07) is 6.80. The van der Waals surface area contributed by atoms with Gasteiger partial charge in [0.25, 0.3) is 0 Å². The van der Waals surface area contributed by atoms with Crippen LogP contribution in [-0.2, 0) is 13.0 Å². The number of thiazole rings is 1. The van der Waals surface area contributed by atoms with E-state index in [2.05, 4.69) is 14.9 Å². The van der Waals surface area contributed by atoms with Crippen LogP contribution in [0.5, 0.6) is 0 Å². The molecule has 3 heterocycles. The summed E-state index contributed by atoms with van der Waals surface area (Å²) in [6.07, 6.45) is 6.33. The van der Waals surface area contributed by atoms with E-state index in [4.69, 9.17) is 4.42 Å². The number of halogens is 1. The van der Waals surface area contributed by atoms with E-state index in [0.717, 1.165) is 44.1 Å². The molecule has 1 aromatic carbocycles. The van der Waals surface area contributed by atoms with E-state index < -0.39 is 0 Å². The molecule has 0 saturated carbocycles. The summed E-state index contributed by atoms with van der Waals surface area (Å²) in [5.41, 5.74) is 2.51. The van der Waals surface area contributed by atoms with Crippen LogP contribution in [0.1, 0.15) is 40.9 Å². The summed E-state index contributed by atoms with van der Waals surface area (Å²) >= 11 is 1.69. The summed E-state index contributed by atoms with van der Waals surface area (Å²) < 4.78 is 19.7. The number of hydrogen-bond donors (Lipinski definition) is 0. The fourth-order valence-electron chi connectivity index (χ4n) is 3.36. The lowest BCUT2D eigenvalue weighted by Crippen LogP contribution is -2.33. The van der Waals surface area contributed by atoms with Gasteiger partial charge in [-0.1, -0.05) is 18.2 Å². The van der Waals surface area contributed by atoms with E-state index in [1.807, 2.05) is 17.8 Å². The largest absolute Gasteiger partial charge is 0.445 e. The molecule has 25 heavy (non-hydrogen) atoms. The van der Waals surface area contributed by atoms with Crippen molar-refractivity contribution in [3.05, 3.63) is 70.1 Å². The van der Waals surface area contributed by atoms with Crippen LogP contribution in [0, 0.1) is 5.82 Å². The van der Waals surface area contributed by atoms with Crippen molar-refractivity contribution in [3.8, 4) is 0 Å². The maximum Gasteiger partial charge on any atom is 0.198 e. The molecule has 1 aliphatic heterocycles. The summed E-state index contributed by atoms with van der Waals surface area (Å²) in [7, 11) is 0. The van der Waals surface area contributed by atoms with Gasteiger partial charge >= 0.3 is 0 Å². The minimum absolute atomic E-state index is 0.200. The zero-order valence-electron chi connectivity index (χ0n) is 13.9. The molecule has 0 bridgehead atoms. The number of rotatable bonds is 5. The number of oxazole rings is 1. The van der Waals surface area contributed by atoms with Gasteiger partial charge in [0, 0.05) is 36.5 Å². The zero-order chi connectivity index (χ0) is 17.1. The Hall–Kier alpha value is -2.05. The van der Waals surface area contributed by atoms with Crippen molar-refractivity contribution in [2.24, 2.45) is 0 Å². The van der Waals surface area contributed by atoms with Gasteiger partial charge in [-0.2, -0.15) is 0 Å². The Balaban J connectivity index is 1.41. The third-order valence-electron chi connectivity index (χ3n) is 4.61. The zero-order valence-corrected chi connectivity index (χ0v) is 14.7. The topological polar surface area (TPSA) is 42.2 Å². The molecular weight excluding hydrogens is 337 g/mol. The van der Waals surface area contributed by atoms with Crippen LogP contribution in [0.25, 0.3) is 0 Å². The van der Waals surface area contributed by atoms with Crippen molar-refractivity contribution in [1.82, 2.24) is 14.9 Å². The Bertz CT molecular complexity index is 818.